The van der Waals surface area contributed by atoms with Gasteiger partial charge in [-0.05, 0) is 94.0 Å². The van der Waals surface area contributed by atoms with Crippen molar-refractivity contribution in [1.82, 2.24) is 10.2 Å². The second kappa shape index (κ2) is 13.1. The Labute approximate surface area is 249 Å². The number of fused-ring (bicyclic) bond motifs is 1. The molecule has 3 aromatic carbocycles. The Morgan fingerprint density at radius 2 is 1.73 bits per heavy atom. The van der Waals surface area contributed by atoms with Crippen molar-refractivity contribution in [1.29, 1.82) is 0 Å². The highest BCUT2D eigenvalue weighted by molar-refractivity contribution is 8.04. The number of thioether (sulfide) groups is 1. The van der Waals surface area contributed by atoms with Crippen molar-refractivity contribution in [2.45, 2.75) is 76.9 Å². The first kappa shape index (κ1) is 29.2. The maximum Gasteiger partial charge on any atom is 0.265 e. The lowest BCUT2D eigenvalue weighted by Gasteiger charge is -2.39. The molecule has 0 aromatic heterocycles. The summed E-state index contributed by atoms with van der Waals surface area (Å²) in [5.41, 5.74) is 5.98. The van der Waals surface area contributed by atoms with E-state index in [-0.39, 0.29) is 11.8 Å². The fraction of sp³-hybridized carbons (Fsp3) is 0.371. The number of likely N-dealkylation sites (tertiary alicyclic amines) is 1. The predicted octanol–water partition coefficient (Wildman–Crippen LogP) is 7.37. The topological polar surface area (TPSA) is 52.7 Å². The van der Waals surface area contributed by atoms with E-state index in [4.69, 9.17) is 0 Å². The zero-order chi connectivity index (χ0) is 28.9. The molecular formula is C35H41N3O2S. The summed E-state index contributed by atoms with van der Waals surface area (Å²) in [5, 5.41) is 3.08. The average Bonchev–Trinajstić information content (AvgIpc) is 2.96. The van der Waals surface area contributed by atoms with Crippen molar-refractivity contribution < 1.29 is 9.59 Å². The van der Waals surface area contributed by atoms with Gasteiger partial charge >= 0.3 is 0 Å². The molecule has 2 heterocycles. The molecule has 5 nitrogen and oxygen atoms in total. The summed E-state index contributed by atoms with van der Waals surface area (Å²) in [6.45, 7) is 11.0. The molecule has 1 saturated heterocycles. The zero-order valence-electron chi connectivity index (χ0n) is 24.7. The third-order valence-electron chi connectivity index (χ3n) is 8.39. The molecule has 3 aromatic rings. The number of benzene rings is 3. The lowest BCUT2D eigenvalue weighted by Crippen LogP contribution is -2.44. The normalized spacial score (nSPS) is 20.2. The lowest BCUT2D eigenvalue weighted by molar-refractivity contribution is -0.114. The fourth-order valence-electron chi connectivity index (χ4n) is 5.92. The SMILES string of the molecule is Cc1ccc(C)c(CN2C(=O)C(=Cc3ccc(C(=O)NCCCN4C(C)CCCC4C)cc3)Sc3ccccc32)c1. The van der Waals surface area contributed by atoms with Crippen molar-refractivity contribution in [3.63, 3.8) is 0 Å². The summed E-state index contributed by atoms with van der Waals surface area (Å²) < 4.78 is 0. The number of hydrogen-bond acceptors (Lipinski definition) is 4. The third kappa shape index (κ3) is 6.94. The smallest absolute Gasteiger partial charge is 0.265 e. The van der Waals surface area contributed by atoms with Gasteiger partial charge in [0.05, 0.1) is 17.1 Å². The number of para-hydroxylation sites is 1. The zero-order valence-corrected chi connectivity index (χ0v) is 25.5. The van der Waals surface area contributed by atoms with Gasteiger partial charge < -0.3 is 10.2 Å². The van der Waals surface area contributed by atoms with Crippen LogP contribution >= 0.6 is 11.8 Å². The molecule has 0 saturated carbocycles. The highest BCUT2D eigenvalue weighted by atomic mass is 32.2. The van der Waals surface area contributed by atoms with E-state index in [2.05, 4.69) is 62.2 Å². The Morgan fingerprint density at radius 1 is 1.00 bits per heavy atom. The number of carbonyl (C=O) groups is 2. The number of aryl methyl sites for hydroxylation is 2. The van der Waals surface area contributed by atoms with Gasteiger partial charge in [-0.15, -0.1) is 0 Å². The first-order valence-electron chi connectivity index (χ1n) is 14.8. The van der Waals surface area contributed by atoms with Gasteiger partial charge in [0, 0.05) is 35.6 Å². The second-order valence-corrected chi connectivity index (χ2v) is 12.6. The van der Waals surface area contributed by atoms with Crippen molar-refractivity contribution in [3.05, 3.63) is 99.5 Å². The first-order valence-corrected chi connectivity index (χ1v) is 15.6. The molecule has 2 atom stereocenters. The second-order valence-electron chi connectivity index (χ2n) is 11.5. The summed E-state index contributed by atoms with van der Waals surface area (Å²) in [6.07, 6.45) is 6.72. The van der Waals surface area contributed by atoms with E-state index in [1.807, 2.05) is 53.4 Å². The van der Waals surface area contributed by atoms with Gasteiger partial charge in [-0.25, -0.2) is 0 Å². The lowest BCUT2D eigenvalue weighted by atomic mass is 9.97. The highest BCUT2D eigenvalue weighted by Crippen LogP contribution is 2.42. The summed E-state index contributed by atoms with van der Waals surface area (Å²) in [7, 11) is 0. The predicted molar refractivity (Wildman–Crippen MR) is 170 cm³/mol. The summed E-state index contributed by atoms with van der Waals surface area (Å²) >= 11 is 1.50. The van der Waals surface area contributed by atoms with Gasteiger partial charge in [0.2, 0.25) is 0 Å². The number of hydrogen-bond donors (Lipinski definition) is 1. The molecule has 0 aliphatic carbocycles. The minimum Gasteiger partial charge on any atom is -0.352 e. The van der Waals surface area contributed by atoms with E-state index >= 15 is 0 Å². The molecular weight excluding hydrogens is 526 g/mol. The van der Waals surface area contributed by atoms with Crippen LogP contribution in [-0.2, 0) is 11.3 Å². The van der Waals surface area contributed by atoms with Gasteiger partial charge in [-0.3, -0.25) is 14.5 Å². The van der Waals surface area contributed by atoms with Crippen LogP contribution in [0.4, 0.5) is 5.69 Å². The van der Waals surface area contributed by atoms with Crippen LogP contribution in [0.2, 0.25) is 0 Å². The van der Waals surface area contributed by atoms with E-state index in [1.54, 1.807) is 0 Å². The molecule has 2 amide bonds. The Bertz CT molecular complexity index is 1420. The largest absolute Gasteiger partial charge is 0.352 e. The van der Waals surface area contributed by atoms with Crippen molar-refractivity contribution in [2.75, 3.05) is 18.0 Å². The van der Waals surface area contributed by atoms with Crippen LogP contribution in [-0.4, -0.2) is 41.9 Å². The molecule has 6 heteroatoms. The molecule has 5 rings (SSSR count). The van der Waals surface area contributed by atoms with E-state index in [0.29, 0.717) is 35.6 Å². The van der Waals surface area contributed by atoms with Crippen LogP contribution in [0.15, 0.2) is 76.5 Å². The minimum atomic E-state index is -0.0549. The van der Waals surface area contributed by atoms with Crippen LogP contribution in [0.3, 0.4) is 0 Å². The molecule has 214 valence electrons. The summed E-state index contributed by atoms with van der Waals surface area (Å²) in [4.78, 5) is 32.7. The van der Waals surface area contributed by atoms with E-state index in [0.717, 1.165) is 34.7 Å². The number of nitrogens with one attached hydrogen (secondary N) is 1. The van der Waals surface area contributed by atoms with Gasteiger partial charge in [0.15, 0.2) is 0 Å². The summed E-state index contributed by atoms with van der Waals surface area (Å²) in [5.74, 6) is -0.0607. The molecule has 41 heavy (non-hydrogen) atoms. The quantitative estimate of drug-likeness (QED) is 0.228. The number of rotatable bonds is 8. The Kier molecular flexibility index (Phi) is 9.31. The monoisotopic (exact) mass is 567 g/mol. The molecule has 2 aliphatic rings. The molecule has 2 aliphatic heterocycles. The van der Waals surface area contributed by atoms with Crippen LogP contribution in [0.1, 0.15) is 72.1 Å². The molecule has 0 spiro atoms. The molecule has 2 unspecified atom stereocenters. The number of amides is 2. The van der Waals surface area contributed by atoms with Gasteiger partial charge in [-0.2, -0.15) is 0 Å². The van der Waals surface area contributed by atoms with Crippen molar-refractivity contribution in [2.24, 2.45) is 0 Å². The fourth-order valence-corrected chi connectivity index (χ4v) is 6.98. The Hall–Kier alpha value is -3.35. The van der Waals surface area contributed by atoms with E-state index in [9.17, 15) is 9.59 Å². The maximum atomic E-state index is 13.7. The number of nitrogens with zero attached hydrogens (tertiary/aromatic N) is 2. The summed E-state index contributed by atoms with van der Waals surface area (Å²) in [6, 6.07) is 23.2. The van der Waals surface area contributed by atoms with Gasteiger partial charge in [0.1, 0.15) is 0 Å². The van der Waals surface area contributed by atoms with Crippen molar-refractivity contribution >= 4 is 35.3 Å². The van der Waals surface area contributed by atoms with Crippen LogP contribution in [0.25, 0.3) is 6.08 Å². The Morgan fingerprint density at radius 3 is 2.49 bits per heavy atom. The number of carbonyl (C=O) groups excluding carboxylic acids is 2. The van der Waals surface area contributed by atoms with E-state index < -0.39 is 0 Å². The standard InChI is InChI=1S/C35H41N3O2S/c1-24-13-14-25(2)30(21-24)23-38-31-11-5-6-12-32(31)41-33(35(38)40)22-28-15-17-29(18-16-28)34(39)36-19-8-20-37-26(3)9-7-10-27(37)4/h5-6,11-18,21-22,26-27H,7-10,19-20,23H2,1-4H3,(H,36,39). The Balaban J connectivity index is 1.24. The molecule has 0 bridgehead atoms. The molecule has 1 fully saturated rings. The number of piperidine rings is 1. The van der Waals surface area contributed by atoms with Crippen LogP contribution < -0.4 is 10.2 Å². The third-order valence-corrected chi connectivity index (χ3v) is 9.47. The molecule has 1 N–H and O–H groups in total. The number of anilines is 1. The van der Waals surface area contributed by atoms with E-state index in [1.165, 1.54) is 42.2 Å². The van der Waals surface area contributed by atoms with Crippen LogP contribution in [0, 0.1) is 13.8 Å². The maximum absolute atomic E-state index is 13.7. The van der Waals surface area contributed by atoms with Gasteiger partial charge in [-0.1, -0.05) is 66.2 Å². The van der Waals surface area contributed by atoms with Gasteiger partial charge in [0.25, 0.3) is 11.8 Å². The first-order chi connectivity index (χ1) is 19.8. The highest BCUT2D eigenvalue weighted by Gasteiger charge is 2.29. The molecule has 0 radical (unpaired) electrons. The van der Waals surface area contributed by atoms with Crippen LogP contribution in [0.5, 0.6) is 0 Å². The minimum absolute atomic E-state index is 0.00577. The average molecular weight is 568 g/mol. The van der Waals surface area contributed by atoms with Crippen molar-refractivity contribution in [3.8, 4) is 0 Å².